The van der Waals surface area contributed by atoms with E-state index >= 15 is 0 Å². The second kappa shape index (κ2) is 8.83. The summed E-state index contributed by atoms with van der Waals surface area (Å²) in [4.78, 5) is 12.5. The van der Waals surface area contributed by atoms with Crippen LogP contribution in [0.25, 0.3) is 0 Å². The number of carbonyl (C=O) groups is 1. The van der Waals surface area contributed by atoms with E-state index in [0.717, 1.165) is 11.1 Å². The average Bonchev–Trinajstić information content (AvgIpc) is 2.61. The van der Waals surface area contributed by atoms with Crippen LogP contribution in [0, 0.1) is 5.92 Å². The molecule has 4 nitrogen and oxygen atoms in total. The minimum atomic E-state index is -0.492. The van der Waals surface area contributed by atoms with E-state index in [-0.39, 0.29) is 24.3 Å². The van der Waals surface area contributed by atoms with Crippen LogP contribution in [0.5, 0.6) is 0 Å². The van der Waals surface area contributed by atoms with Gasteiger partial charge in [0.05, 0.1) is 12.0 Å². The summed E-state index contributed by atoms with van der Waals surface area (Å²) in [5.74, 6) is -0.581. The molecule has 0 spiro atoms. The summed E-state index contributed by atoms with van der Waals surface area (Å²) < 4.78 is 5.82. The molecule has 0 bridgehead atoms. The fraction of sp³-hybridized carbons (Fsp3) is 0.316. The Morgan fingerprint density at radius 3 is 2.04 bits per heavy atom. The molecule has 3 rings (SSSR count). The standard InChI is InChI=1S/C19H21NO3.ClH/c21-17-11-16(12-20-13-17)19(22)23-18(14-7-3-1-4-8-14)15-9-5-2-6-10-15;/h1-10,16-18,20-21H,11-13H2;1H/t16-,17+;/m0./s1. The van der Waals surface area contributed by atoms with Crippen LogP contribution >= 0.6 is 12.4 Å². The van der Waals surface area contributed by atoms with E-state index in [1.165, 1.54) is 0 Å². The topological polar surface area (TPSA) is 58.6 Å². The van der Waals surface area contributed by atoms with Gasteiger partial charge in [0.1, 0.15) is 0 Å². The zero-order valence-corrected chi connectivity index (χ0v) is 14.1. The summed E-state index contributed by atoms with van der Waals surface area (Å²) in [5.41, 5.74) is 1.88. The number of rotatable bonds is 4. The van der Waals surface area contributed by atoms with Crippen molar-refractivity contribution in [3.8, 4) is 0 Å². The maximum Gasteiger partial charge on any atom is 0.311 e. The van der Waals surface area contributed by atoms with E-state index in [1.54, 1.807) is 0 Å². The van der Waals surface area contributed by atoms with Crippen LogP contribution in [0.4, 0.5) is 0 Å². The summed E-state index contributed by atoms with van der Waals surface area (Å²) in [6.45, 7) is 1.08. The van der Waals surface area contributed by atoms with E-state index < -0.39 is 12.2 Å². The van der Waals surface area contributed by atoms with Gasteiger partial charge in [0.2, 0.25) is 0 Å². The largest absolute Gasteiger partial charge is 0.452 e. The van der Waals surface area contributed by atoms with Gasteiger partial charge in [-0.2, -0.15) is 0 Å². The number of aliphatic hydroxyl groups is 1. The number of β-amino-alcohol motifs (C(OH)–C–C–N with tert-alkyl or cyclic N) is 1. The van der Waals surface area contributed by atoms with Gasteiger partial charge < -0.3 is 15.2 Å². The number of carbonyl (C=O) groups excluding carboxylic acids is 1. The van der Waals surface area contributed by atoms with Crippen LogP contribution < -0.4 is 5.32 Å². The fourth-order valence-electron chi connectivity index (χ4n) is 2.90. The summed E-state index contributed by atoms with van der Waals surface area (Å²) in [7, 11) is 0. The molecule has 2 atom stereocenters. The van der Waals surface area contributed by atoms with Gasteiger partial charge in [-0.3, -0.25) is 4.79 Å². The minimum Gasteiger partial charge on any atom is -0.452 e. The zero-order chi connectivity index (χ0) is 16.1. The molecule has 0 amide bonds. The lowest BCUT2D eigenvalue weighted by Crippen LogP contribution is -2.43. The summed E-state index contributed by atoms with van der Waals surface area (Å²) in [6, 6.07) is 19.4. The van der Waals surface area contributed by atoms with Crippen molar-refractivity contribution in [2.75, 3.05) is 13.1 Å². The molecule has 1 aliphatic heterocycles. The number of benzene rings is 2. The van der Waals surface area contributed by atoms with Gasteiger partial charge in [0, 0.05) is 13.1 Å². The van der Waals surface area contributed by atoms with Gasteiger partial charge in [0.25, 0.3) is 0 Å². The Bertz CT molecular complexity index is 596. The van der Waals surface area contributed by atoms with Crippen molar-refractivity contribution < 1.29 is 14.6 Å². The number of piperidine rings is 1. The molecule has 0 unspecified atom stereocenters. The molecule has 2 aromatic carbocycles. The Hall–Kier alpha value is -1.88. The Morgan fingerprint density at radius 1 is 1.00 bits per heavy atom. The number of esters is 1. The molecule has 1 fully saturated rings. The van der Waals surface area contributed by atoms with Crippen LogP contribution in [0.1, 0.15) is 23.7 Å². The van der Waals surface area contributed by atoms with Crippen LogP contribution in [0.2, 0.25) is 0 Å². The molecule has 0 aliphatic carbocycles. The smallest absolute Gasteiger partial charge is 0.311 e. The maximum absolute atomic E-state index is 12.5. The Labute approximate surface area is 148 Å². The molecular formula is C19H22ClNO3. The van der Waals surface area contributed by atoms with Gasteiger partial charge in [-0.25, -0.2) is 0 Å². The van der Waals surface area contributed by atoms with Crippen molar-refractivity contribution in [3.63, 3.8) is 0 Å². The van der Waals surface area contributed by atoms with Crippen LogP contribution in [0.3, 0.4) is 0 Å². The van der Waals surface area contributed by atoms with Crippen molar-refractivity contribution in [2.24, 2.45) is 5.92 Å². The van der Waals surface area contributed by atoms with E-state index in [0.29, 0.717) is 19.5 Å². The predicted molar refractivity (Wildman–Crippen MR) is 95.1 cm³/mol. The van der Waals surface area contributed by atoms with Crippen molar-refractivity contribution in [1.29, 1.82) is 0 Å². The number of hydrogen-bond acceptors (Lipinski definition) is 4. The van der Waals surface area contributed by atoms with Crippen LogP contribution in [-0.2, 0) is 9.53 Å². The molecule has 2 N–H and O–H groups in total. The Morgan fingerprint density at radius 2 is 1.54 bits per heavy atom. The number of nitrogens with one attached hydrogen (secondary N) is 1. The highest BCUT2D eigenvalue weighted by Gasteiger charge is 2.29. The summed E-state index contributed by atoms with van der Waals surface area (Å²) in [5, 5.41) is 12.8. The molecule has 1 heterocycles. The highest BCUT2D eigenvalue weighted by atomic mass is 35.5. The van der Waals surface area contributed by atoms with E-state index in [9.17, 15) is 9.90 Å². The average molecular weight is 348 g/mol. The number of aliphatic hydroxyl groups excluding tert-OH is 1. The van der Waals surface area contributed by atoms with Crippen molar-refractivity contribution in [3.05, 3.63) is 71.8 Å². The quantitative estimate of drug-likeness (QED) is 0.835. The van der Waals surface area contributed by atoms with Gasteiger partial charge in [-0.1, -0.05) is 60.7 Å². The maximum atomic E-state index is 12.5. The molecule has 0 saturated carbocycles. The number of halogens is 1. The monoisotopic (exact) mass is 347 g/mol. The SMILES string of the molecule is Cl.O=C(OC(c1ccccc1)c1ccccc1)[C@@H]1CNC[C@H](O)C1. The molecule has 1 aliphatic rings. The van der Waals surface area contributed by atoms with Crippen molar-refractivity contribution >= 4 is 18.4 Å². The van der Waals surface area contributed by atoms with Crippen molar-refractivity contribution in [2.45, 2.75) is 18.6 Å². The number of hydrogen-bond donors (Lipinski definition) is 2. The molecule has 0 aromatic heterocycles. The van der Waals surface area contributed by atoms with E-state index in [4.69, 9.17) is 4.74 Å². The predicted octanol–water partition coefficient (Wildman–Crippen LogP) is 2.71. The van der Waals surface area contributed by atoms with Gasteiger partial charge in [-0.05, 0) is 17.5 Å². The highest BCUT2D eigenvalue weighted by molar-refractivity contribution is 5.85. The Balaban J connectivity index is 0.00000208. The first-order chi connectivity index (χ1) is 11.2. The molecule has 128 valence electrons. The molecule has 2 aromatic rings. The Kier molecular flexibility index (Phi) is 6.79. The summed E-state index contributed by atoms with van der Waals surface area (Å²) >= 11 is 0. The van der Waals surface area contributed by atoms with E-state index in [2.05, 4.69) is 5.32 Å². The minimum absolute atomic E-state index is 0. The number of ether oxygens (including phenoxy) is 1. The molecule has 0 radical (unpaired) electrons. The van der Waals surface area contributed by atoms with Crippen LogP contribution in [0.15, 0.2) is 60.7 Å². The first kappa shape index (κ1) is 18.5. The third-order valence-corrected chi connectivity index (χ3v) is 4.10. The first-order valence-corrected chi connectivity index (χ1v) is 7.93. The highest BCUT2D eigenvalue weighted by Crippen LogP contribution is 2.27. The van der Waals surface area contributed by atoms with E-state index in [1.807, 2.05) is 60.7 Å². The molecule has 24 heavy (non-hydrogen) atoms. The van der Waals surface area contributed by atoms with Gasteiger partial charge >= 0.3 is 5.97 Å². The molecular weight excluding hydrogens is 326 g/mol. The molecule has 1 saturated heterocycles. The fourth-order valence-corrected chi connectivity index (χ4v) is 2.90. The second-order valence-corrected chi connectivity index (χ2v) is 5.88. The lowest BCUT2D eigenvalue weighted by molar-refractivity contribution is -0.154. The first-order valence-electron chi connectivity index (χ1n) is 7.93. The van der Waals surface area contributed by atoms with Gasteiger partial charge in [0.15, 0.2) is 6.10 Å². The second-order valence-electron chi connectivity index (χ2n) is 5.88. The van der Waals surface area contributed by atoms with Crippen LogP contribution in [-0.4, -0.2) is 30.3 Å². The lowest BCUT2D eigenvalue weighted by atomic mass is 9.97. The zero-order valence-electron chi connectivity index (χ0n) is 13.3. The normalized spacial score (nSPS) is 20.2. The van der Waals surface area contributed by atoms with Gasteiger partial charge in [-0.15, -0.1) is 12.4 Å². The third-order valence-electron chi connectivity index (χ3n) is 4.10. The molecule has 5 heteroatoms. The lowest BCUT2D eigenvalue weighted by Gasteiger charge is -2.27. The van der Waals surface area contributed by atoms with Crippen molar-refractivity contribution in [1.82, 2.24) is 5.32 Å². The third kappa shape index (κ3) is 4.57. The summed E-state index contributed by atoms with van der Waals surface area (Å²) in [6.07, 6.45) is -0.473.